The number of nitrogens with one attached hydrogen (secondary N) is 1. The van der Waals surface area contributed by atoms with E-state index < -0.39 is 0 Å². The van der Waals surface area contributed by atoms with Gasteiger partial charge in [0.1, 0.15) is 17.5 Å². The van der Waals surface area contributed by atoms with Crippen LogP contribution < -0.4 is 10.2 Å². The number of benzene rings is 1. The number of nitrogens with zero attached hydrogens (tertiary/aromatic N) is 5. The Balaban J connectivity index is 1.41. The maximum absolute atomic E-state index is 13.5. The molecular weight excluding hydrogens is 407 g/mol. The van der Waals surface area contributed by atoms with Crippen LogP contribution in [0.3, 0.4) is 0 Å². The Labute approximate surface area is 189 Å². The Bertz CT molecular complexity index is 950. The summed E-state index contributed by atoms with van der Waals surface area (Å²) in [5.74, 6) is 1.96. The zero-order chi connectivity index (χ0) is 22.7. The third kappa shape index (κ3) is 5.01. The number of rotatable bonds is 6. The maximum Gasteiger partial charge on any atom is 0.224 e. The molecule has 1 saturated heterocycles. The first-order valence-electron chi connectivity index (χ1n) is 11.4. The molecule has 8 heteroatoms. The molecule has 32 heavy (non-hydrogen) atoms. The number of hydrogen-bond donors (Lipinski definition) is 1. The van der Waals surface area contributed by atoms with E-state index in [0.717, 1.165) is 54.5 Å². The minimum Gasteiger partial charge on any atom is -0.374 e. The predicted octanol–water partition coefficient (Wildman–Crippen LogP) is 2.88. The Kier molecular flexibility index (Phi) is 6.89. The zero-order valence-electron chi connectivity index (χ0n) is 19.3. The second kappa shape index (κ2) is 9.81. The third-order valence-electron chi connectivity index (χ3n) is 6.57. The highest BCUT2D eigenvalue weighted by Gasteiger charge is 2.28. The van der Waals surface area contributed by atoms with Gasteiger partial charge >= 0.3 is 0 Å². The van der Waals surface area contributed by atoms with Gasteiger partial charge in [0.25, 0.3) is 0 Å². The number of hydrogen-bond acceptors (Lipinski definition) is 6. The Morgan fingerprint density at radius 3 is 2.91 bits per heavy atom. The predicted molar refractivity (Wildman–Crippen MR) is 124 cm³/mol. The van der Waals surface area contributed by atoms with Crippen molar-refractivity contribution in [3.05, 3.63) is 47.2 Å². The lowest BCUT2D eigenvalue weighted by Gasteiger charge is -2.32. The van der Waals surface area contributed by atoms with E-state index in [1.165, 1.54) is 18.6 Å². The minimum absolute atomic E-state index is 0.0962. The molecule has 0 saturated carbocycles. The second-order valence-electron chi connectivity index (χ2n) is 8.92. The average Bonchev–Trinajstić information content (AvgIpc) is 2.81. The molecule has 2 aliphatic heterocycles. The molecule has 1 N–H and O–H groups in total. The van der Waals surface area contributed by atoms with Crippen LogP contribution in [0.1, 0.15) is 42.3 Å². The van der Waals surface area contributed by atoms with Crippen LogP contribution in [0, 0.1) is 5.82 Å². The first-order valence-corrected chi connectivity index (χ1v) is 11.4. The van der Waals surface area contributed by atoms with Gasteiger partial charge in [-0.05, 0) is 44.6 Å². The topological polar surface area (TPSA) is 64.6 Å². The lowest BCUT2D eigenvalue weighted by atomic mass is 9.96. The highest BCUT2D eigenvalue weighted by Crippen LogP contribution is 2.29. The number of carbonyl (C=O) groups excluding carboxylic acids is 1. The van der Waals surface area contributed by atoms with Crippen molar-refractivity contribution >= 4 is 17.4 Å². The van der Waals surface area contributed by atoms with Gasteiger partial charge in [-0.15, -0.1) is 0 Å². The molecule has 3 heterocycles. The SMILES string of the molecule is CNc1nc([C@@H]2CCCN(C)C2)nc2c1CN(C(=O)CCN(C)c1cccc(F)c1)CC2. The van der Waals surface area contributed by atoms with E-state index in [1.807, 2.05) is 30.0 Å². The maximum atomic E-state index is 13.5. The Morgan fingerprint density at radius 1 is 1.31 bits per heavy atom. The van der Waals surface area contributed by atoms with E-state index in [1.54, 1.807) is 6.07 Å². The second-order valence-corrected chi connectivity index (χ2v) is 8.92. The molecule has 7 nitrogen and oxygen atoms in total. The van der Waals surface area contributed by atoms with Crippen molar-refractivity contribution in [2.45, 2.75) is 38.1 Å². The molecule has 1 amide bonds. The summed E-state index contributed by atoms with van der Waals surface area (Å²) in [6.07, 6.45) is 3.41. The van der Waals surface area contributed by atoms with Gasteiger partial charge in [0.2, 0.25) is 5.91 Å². The fourth-order valence-electron chi connectivity index (χ4n) is 4.68. The van der Waals surface area contributed by atoms with Crippen LogP contribution >= 0.6 is 0 Å². The van der Waals surface area contributed by atoms with E-state index in [9.17, 15) is 9.18 Å². The molecular formula is C24H33FN6O. The largest absolute Gasteiger partial charge is 0.374 e. The van der Waals surface area contributed by atoms with Gasteiger partial charge in [-0.1, -0.05) is 6.07 Å². The molecule has 2 aromatic rings. The fraction of sp³-hybridized carbons (Fsp3) is 0.542. The van der Waals surface area contributed by atoms with Crippen LogP contribution in [-0.4, -0.2) is 73.0 Å². The Hall–Kier alpha value is -2.74. The van der Waals surface area contributed by atoms with Gasteiger partial charge in [0.15, 0.2) is 0 Å². The van der Waals surface area contributed by atoms with E-state index in [-0.39, 0.29) is 11.7 Å². The molecule has 1 atom stereocenters. The summed E-state index contributed by atoms with van der Waals surface area (Å²) in [6.45, 7) is 3.85. The van der Waals surface area contributed by atoms with E-state index >= 15 is 0 Å². The minimum atomic E-state index is -0.271. The Morgan fingerprint density at radius 2 is 2.16 bits per heavy atom. The van der Waals surface area contributed by atoms with Crippen LogP contribution in [0.4, 0.5) is 15.9 Å². The number of anilines is 2. The zero-order valence-corrected chi connectivity index (χ0v) is 19.3. The molecule has 0 radical (unpaired) electrons. The molecule has 0 spiro atoms. The van der Waals surface area contributed by atoms with Gasteiger partial charge in [0.05, 0.1) is 12.2 Å². The summed E-state index contributed by atoms with van der Waals surface area (Å²) in [5.41, 5.74) is 2.86. The third-order valence-corrected chi connectivity index (χ3v) is 6.57. The van der Waals surface area contributed by atoms with Crippen LogP contribution in [0.5, 0.6) is 0 Å². The van der Waals surface area contributed by atoms with E-state index in [2.05, 4.69) is 17.3 Å². The number of likely N-dealkylation sites (N-methyl/N-ethyl adjacent to an activating group) is 1. The highest BCUT2D eigenvalue weighted by atomic mass is 19.1. The lowest BCUT2D eigenvalue weighted by Crippen LogP contribution is -2.39. The number of halogens is 1. The average molecular weight is 441 g/mol. The number of carbonyl (C=O) groups is 1. The van der Waals surface area contributed by atoms with Crippen molar-refractivity contribution in [2.24, 2.45) is 0 Å². The first kappa shape index (κ1) is 22.5. The van der Waals surface area contributed by atoms with Crippen molar-refractivity contribution < 1.29 is 9.18 Å². The van der Waals surface area contributed by atoms with Crippen molar-refractivity contribution in [3.63, 3.8) is 0 Å². The van der Waals surface area contributed by atoms with Gasteiger partial charge < -0.3 is 20.0 Å². The van der Waals surface area contributed by atoms with Gasteiger partial charge in [0, 0.05) is 63.7 Å². The van der Waals surface area contributed by atoms with Crippen LogP contribution in [0.2, 0.25) is 0 Å². The first-order chi connectivity index (χ1) is 15.4. The normalized spacial score (nSPS) is 18.9. The van der Waals surface area contributed by atoms with Crippen molar-refractivity contribution in [2.75, 3.05) is 57.5 Å². The van der Waals surface area contributed by atoms with Crippen molar-refractivity contribution in [1.29, 1.82) is 0 Å². The summed E-state index contributed by atoms with van der Waals surface area (Å²) in [5, 5.41) is 3.24. The number of piperidine rings is 1. The summed E-state index contributed by atoms with van der Waals surface area (Å²) in [4.78, 5) is 28.8. The molecule has 1 aromatic heterocycles. The van der Waals surface area contributed by atoms with Gasteiger partial charge in [-0.25, -0.2) is 14.4 Å². The quantitative estimate of drug-likeness (QED) is 0.745. The summed E-state index contributed by atoms with van der Waals surface area (Å²) >= 11 is 0. The monoisotopic (exact) mass is 440 g/mol. The molecule has 0 bridgehead atoms. The van der Waals surface area contributed by atoms with E-state index in [0.29, 0.717) is 32.0 Å². The molecule has 0 aliphatic carbocycles. The summed E-state index contributed by atoms with van der Waals surface area (Å²) in [6, 6.07) is 6.44. The molecule has 4 rings (SSSR count). The van der Waals surface area contributed by atoms with Gasteiger partial charge in [-0.3, -0.25) is 4.79 Å². The van der Waals surface area contributed by atoms with Crippen LogP contribution in [0.25, 0.3) is 0 Å². The molecule has 2 aliphatic rings. The standard InChI is InChI=1S/C24H33FN6O/c1-26-24-20-16-31(22(32)10-12-30(3)19-8-4-7-18(25)14-19)13-9-21(20)27-23(28-24)17-6-5-11-29(2)15-17/h4,7-8,14,17H,5-6,9-13,15-16H2,1-3H3,(H,26,27,28)/t17-/m1/s1. The number of aromatic nitrogens is 2. The molecule has 172 valence electrons. The smallest absolute Gasteiger partial charge is 0.224 e. The van der Waals surface area contributed by atoms with Crippen LogP contribution in [0.15, 0.2) is 24.3 Å². The molecule has 1 fully saturated rings. The van der Waals surface area contributed by atoms with Crippen molar-refractivity contribution in [3.8, 4) is 0 Å². The number of likely N-dealkylation sites (tertiary alicyclic amines) is 1. The van der Waals surface area contributed by atoms with Crippen LogP contribution in [-0.2, 0) is 17.8 Å². The van der Waals surface area contributed by atoms with Gasteiger partial charge in [-0.2, -0.15) is 0 Å². The summed E-state index contributed by atoms with van der Waals surface area (Å²) < 4.78 is 13.5. The van der Waals surface area contributed by atoms with E-state index in [4.69, 9.17) is 9.97 Å². The molecule has 1 aromatic carbocycles. The van der Waals surface area contributed by atoms with Crippen molar-refractivity contribution in [1.82, 2.24) is 19.8 Å². The lowest BCUT2D eigenvalue weighted by molar-refractivity contribution is -0.131. The molecule has 0 unspecified atom stereocenters. The number of fused-ring (bicyclic) bond motifs is 1. The fourth-order valence-corrected chi connectivity index (χ4v) is 4.68. The highest BCUT2D eigenvalue weighted by molar-refractivity contribution is 5.77. The summed E-state index contributed by atoms with van der Waals surface area (Å²) in [7, 11) is 5.91. The number of amides is 1.